The van der Waals surface area contributed by atoms with Crippen molar-refractivity contribution in [1.82, 2.24) is 0 Å². The second kappa shape index (κ2) is 11.4. The second-order valence-corrected chi connectivity index (χ2v) is 6.44. The van der Waals surface area contributed by atoms with E-state index >= 15 is 0 Å². The SMILES string of the molecule is COCCN(CCOC)c1ccc(C(F)(F)F)cc1NC(=O)/C=C/c1ccccc1. The number of carbonyl (C=O) groups excluding carboxylic acids is 1. The Morgan fingerprint density at radius 2 is 1.67 bits per heavy atom. The van der Waals surface area contributed by atoms with Gasteiger partial charge in [0.25, 0.3) is 0 Å². The van der Waals surface area contributed by atoms with Crippen LogP contribution in [0.4, 0.5) is 24.5 Å². The number of ether oxygens (including phenoxy) is 2. The lowest BCUT2D eigenvalue weighted by Gasteiger charge is -2.27. The number of methoxy groups -OCH3 is 2. The molecule has 162 valence electrons. The highest BCUT2D eigenvalue weighted by atomic mass is 19.4. The van der Waals surface area contributed by atoms with E-state index in [-0.39, 0.29) is 5.69 Å². The standard InChI is InChI=1S/C22H25F3N2O3/c1-29-14-12-27(13-15-30-2)20-10-9-18(22(23,24)25)16-19(20)26-21(28)11-8-17-6-4-3-5-7-17/h3-11,16H,12-15H2,1-2H3,(H,26,28)/b11-8+. The van der Waals surface area contributed by atoms with E-state index in [1.165, 1.54) is 26.4 Å². The summed E-state index contributed by atoms with van der Waals surface area (Å²) in [6.45, 7) is 1.58. The summed E-state index contributed by atoms with van der Waals surface area (Å²) < 4.78 is 49.9. The van der Waals surface area contributed by atoms with Gasteiger partial charge in [-0.25, -0.2) is 0 Å². The molecule has 0 fully saturated rings. The third-order valence-corrected chi connectivity index (χ3v) is 4.28. The first-order valence-corrected chi connectivity index (χ1v) is 9.33. The van der Waals surface area contributed by atoms with E-state index in [1.807, 2.05) is 35.2 Å². The van der Waals surface area contributed by atoms with E-state index < -0.39 is 17.6 Å². The number of nitrogens with one attached hydrogen (secondary N) is 1. The molecule has 2 rings (SSSR count). The molecule has 0 bridgehead atoms. The Kier molecular flexibility index (Phi) is 8.89. The zero-order valence-electron chi connectivity index (χ0n) is 16.9. The lowest BCUT2D eigenvalue weighted by Crippen LogP contribution is -2.31. The summed E-state index contributed by atoms with van der Waals surface area (Å²) in [5, 5.41) is 2.58. The number of rotatable bonds is 10. The molecule has 0 aliphatic heterocycles. The molecule has 30 heavy (non-hydrogen) atoms. The minimum Gasteiger partial charge on any atom is -0.383 e. The molecule has 0 saturated carbocycles. The average molecular weight is 422 g/mol. The highest BCUT2D eigenvalue weighted by Gasteiger charge is 2.31. The summed E-state index contributed by atoms with van der Waals surface area (Å²) >= 11 is 0. The molecule has 0 aliphatic rings. The Labute approximate surface area is 174 Å². The number of halogens is 3. The summed E-state index contributed by atoms with van der Waals surface area (Å²) in [4.78, 5) is 14.2. The predicted molar refractivity (Wildman–Crippen MR) is 112 cm³/mol. The summed E-state index contributed by atoms with van der Waals surface area (Å²) in [6, 6.07) is 12.4. The maximum atomic E-state index is 13.2. The minimum absolute atomic E-state index is 0.0692. The first kappa shape index (κ1) is 23.4. The zero-order chi connectivity index (χ0) is 22.0. The van der Waals surface area contributed by atoms with E-state index in [9.17, 15) is 18.0 Å². The Morgan fingerprint density at radius 1 is 1.03 bits per heavy atom. The number of alkyl halides is 3. The number of hydrogen-bond donors (Lipinski definition) is 1. The van der Waals surface area contributed by atoms with Crippen LogP contribution in [0.25, 0.3) is 6.08 Å². The van der Waals surface area contributed by atoms with E-state index in [0.29, 0.717) is 32.0 Å². The topological polar surface area (TPSA) is 50.8 Å². The third-order valence-electron chi connectivity index (χ3n) is 4.28. The molecule has 0 unspecified atom stereocenters. The van der Waals surface area contributed by atoms with Gasteiger partial charge in [0, 0.05) is 33.4 Å². The summed E-state index contributed by atoms with van der Waals surface area (Å²) in [6.07, 6.45) is -1.65. The quantitative estimate of drug-likeness (QED) is 0.575. The van der Waals surface area contributed by atoms with Crippen molar-refractivity contribution in [2.45, 2.75) is 6.18 Å². The number of hydrogen-bond acceptors (Lipinski definition) is 4. The molecule has 2 aromatic rings. The Bertz CT molecular complexity index is 831. The van der Waals surface area contributed by atoms with Crippen LogP contribution in [0.5, 0.6) is 0 Å². The lowest BCUT2D eigenvalue weighted by atomic mass is 10.1. The van der Waals surface area contributed by atoms with Gasteiger partial charge in [-0.05, 0) is 29.8 Å². The van der Waals surface area contributed by atoms with Gasteiger partial charge >= 0.3 is 6.18 Å². The van der Waals surface area contributed by atoms with Gasteiger partial charge in [0.1, 0.15) is 0 Å². The average Bonchev–Trinajstić information content (AvgIpc) is 2.73. The van der Waals surface area contributed by atoms with Gasteiger partial charge in [0.2, 0.25) is 5.91 Å². The fourth-order valence-corrected chi connectivity index (χ4v) is 2.75. The highest BCUT2D eigenvalue weighted by molar-refractivity contribution is 6.03. The van der Waals surface area contributed by atoms with Crippen LogP contribution in [0.3, 0.4) is 0 Å². The Balaban J connectivity index is 2.32. The number of amides is 1. The molecule has 1 amide bonds. The van der Waals surface area contributed by atoms with Crippen molar-refractivity contribution >= 4 is 23.4 Å². The van der Waals surface area contributed by atoms with Gasteiger partial charge in [0.15, 0.2) is 0 Å². The van der Waals surface area contributed by atoms with Gasteiger partial charge in [-0.1, -0.05) is 30.3 Å². The van der Waals surface area contributed by atoms with Crippen molar-refractivity contribution in [3.63, 3.8) is 0 Å². The number of carbonyl (C=O) groups is 1. The monoisotopic (exact) mass is 422 g/mol. The Morgan fingerprint density at radius 3 is 2.23 bits per heavy atom. The predicted octanol–water partition coefficient (Wildman–Crippen LogP) is 4.46. The van der Waals surface area contributed by atoms with Crippen LogP contribution in [-0.2, 0) is 20.4 Å². The lowest BCUT2D eigenvalue weighted by molar-refractivity contribution is -0.137. The molecule has 0 spiro atoms. The molecule has 0 aromatic heterocycles. The molecule has 8 heteroatoms. The normalized spacial score (nSPS) is 11.6. The summed E-state index contributed by atoms with van der Waals surface area (Å²) in [5.41, 5.74) is 0.490. The van der Waals surface area contributed by atoms with Gasteiger partial charge in [-0.3, -0.25) is 4.79 Å². The number of anilines is 2. The first-order valence-electron chi connectivity index (χ1n) is 9.33. The van der Waals surface area contributed by atoms with Crippen LogP contribution in [0.2, 0.25) is 0 Å². The summed E-state index contributed by atoms with van der Waals surface area (Å²) in [5.74, 6) is -0.530. The van der Waals surface area contributed by atoms with Crippen molar-refractivity contribution in [3.8, 4) is 0 Å². The molecule has 0 radical (unpaired) electrons. The van der Waals surface area contributed by atoms with Crippen molar-refractivity contribution in [1.29, 1.82) is 0 Å². The van der Waals surface area contributed by atoms with Crippen molar-refractivity contribution in [2.24, 2.45) is 0 Å². The van der Waals surface area contributed by atoms with Crippen LogP contribution in [-0.4, -0.2) is 46.4 Å². The van der Waals surface area contributed by atoms with Crippen LogP contribution < -0.4 is 10.2 Å². The van der Waals surface area contributed by atoms with Crippen LogP contribution in [0.15, 0.2) is 54.6 Å². The zero-order valence-corrected chi connectivity index (χ0v) is 16.9. The van der Waals surface area contributed by atoms with E-state index in [4.69, 9.17) is 9.47 Å². The van der Waals surface area contributed by atoms with Crippen molar-refractivity contribution in [3.05, 3.63) is 65.7 Å². The van der Waals surface area contributed by atoms with E-state index in [0.717, 1.165) is 17.7 Å². The van der Waals surface area contributed by atoms with E-state index in [2.05, 4.69) is 5.32 Å². The molecule has 5 nitrogen and oxygen atoms in total. The highest BCUT2D eigenvalue weighted by Crippen LogP contribution is 2.35. The van der Waals surface area contributed by atoms with Crippen LogP contribution in [0, 0.1) is 0 Å². The molecule has 0 saturated heterocycles. The molecule has 0 atom stereocenters. The largest absolute Gasteiger partial charge is 0.416 e. The molecule has 2 aromatic carbocycles. The number of nitrogens with zero attached hydrogens (tertiary/aromatic N) is 1. The second-order valence-electron chi connectivity index (χ2n) is 6.44. The van der Waals surface area contributed by atoms with Gasteiger partial charge in [0.05, 0.1) is 30.2 Å². The maximum absolute atomic E-state index is 13.2. The fraction of sp³-hybridized carbons (Fsp3) is 0.318. The van der Waals surface area contributed by atoms with Gasteiger partial charge in [-0.15, -0.1) is 0 Å². The third kappa shape index (κ3) is 7.20. The molecule has 1 N–H and O–H groups in total. The van der Waals surface area contributed by atoms with Crippen LogP contribution >= 0.6 is 0 Å². The van der Waals surface area contributed by atoms with Crippen molar-refractivity contribution < 1.29 is 27.4 Å². The Hall–Kier alpha value is -2.84. The van der Waals surface area contributed by atoms with Crippen molar-refractivity contribution in [2.75, 3.05) is 50.7 Å². The van der Waals surface area contributed by atoms with Crippen LogP contribution in [0.1, 0.15) is 11.1 Å². The van der Waals surface area contributed by atoms with Gasteiger partial charge < -0.3 is 19.7 Å². The molecular formula is C22H25F3N2O3. The molecule has 0 aliphatic carbocycles. The molecule has 0 heterocycles. The maximum Gasteiger partial charge on any atom is 0.416 e. The smallest absolute Gasteiger partial charge is 0.383 e. The van der Waals surface area contributed by atoms with Gasteiger partial charge in [-0.2, -0.15) is 13.2 Å². The summed E-state index contributed by atoms with van der Waals surface area (Å²) in [7, 11) is 3.08. The first-order chi connectivity index (χ1) is 14.3. The van der Waals surface area contributed by atoms with E-state index in [1.54, 1.807) is 6.08 Å². The number of benzene rings is 2. The minimum atomic E-state index is -4.53. The fourth-order valence-electron chi connectivity index (χ4n) is 2.75. The molecular weight excluding hydrogens is 397 g/mol.